The number of hydrogen-bond acceptors (Lipinski definition) is 3. The topological polar surface area (TPSA) is 35.4 Å². The van der Waals surface area contributed by atoms with Crippen molar-refractivity contribution in [1.29, 1.82) is 0 Å². The summed E-state index contributed by atoms with van der Waals surface area (Å²) in [7, 11) is 0. The molecule has 0 radical (unpaired) electrons. The number of nitrogens with zero attached hydrogens (tertiary/aromatic N) is 1. The number of benzene rings is 8. The van der Waals surface area contributed by atoms with Crippen LogP contribution in [0.5, 0.6) is 0 Å². The molecule has 1 aliphatic carbocycles. The molecule has 4 nitrogen and oxygen atoms in total. The predicted molar refractivity (Wildman–Crippen MR) is 264 cm³/mol. The summed E-state index contributed by atoms with van der Waals surface area (Å²) in [6, 6.07) is 63.3. The number of nitrogens with one attached hydrogen (secondary N) is 1. The first kappa shape index (κ1) is 39.9. The highest BCUT2D eigenvalue weighted by atomic mass is 16.5. The third-order valence-electron chi connectivity index (χ3n) is 12.6. The van der Waals surface area contributed by atoms with Crippen LogP contribution in [-0.2, 0) is 41.3 Å². The summed E-state index contributed by atoms with van der Waals surface area (Å²) in [6.07, 6.45) is 3.72. The second-order valence-electron chi connectivity index (χ2n) is 17.1. The lowest BCUT2D eigenvalue weighted by molar-refractivity contribution is 0.107. The van der Waals surface area contributed by atoms with Crippen molar-refractivity contribution in [3.05, 3.63) is 234 Å². The highest BCUT2D eigenvalue weighted by Crippen LogP contribution is 2.49. The van der Waals surface area contributed by atoms with E-state index >= 15 is 0 Å². The fourth-order valence-electron chi connectivity index (χ4n) is 9.13. The fourth-order valence-corrected chi connectivity index (χ4v) is 9.13. The van der Waals surface area contributed by atoms with Gasteiger partial charge in [0.15, 0.2) is 0 Å². The Balaban J connectivity index is 0.920. The van der Waals surface area contributed by atoms with Crippen molar-refractivity contribution in [2.75, 3.05) is 5.32 Å². The molecule has 0 aliphatic heterocycles. The quantitative estimate of drug-likeness (QED) is 0.119. The second kappa shape index (κ2) is 16.9. The lowest BCUT2D eigenvalue weighted by Crippen LogP contribution is -2.15. The molecule has 10 rings (SSSR count). The van der Waals surface area contributed by atoms with E-state index in [0.29, 0.717) is 26.4 Å². The van der Waals surface area contributed by atoms with Gasteiger partial charge in [0.2, 0.25) is 0 Å². The Kier molecular flexibility index (Phi) is 10.7. The minimum atomic E-state index is -0.0422. The van der Waals surface area contributed by atoms with Crippen LogP contribution in [0.3, 0.4) is 0 Å². The van der Waals surface area contributed by atoms with E-state index < -0.39 is 0 Å². The van der Waals surface area contributed by atoms with Crippen LogP contribution in [0.2, 0.25) is 0 Å². The molecule has 0 atom stereocenters. The molecule has 1 aromatic heterocycles. The SMILES string of the molecule is C=Cc1ccc(COCc2ccc(-n3c4ccc(COCc5ccc(C=C)cc5)cc4c4cc(-c5ccc(Nc6ccc7c(c6)C(C)(C)c6ccccc6-7)cc5)ccc43)cc2)cc1. The number of anilines is 2. The summed E-state index contributed by atoms with van der Waals surface area (Å²) in [5.74, 6) is 0. The Morgan fingerprint density at radius 2 is 0.984 bits per heavy atom. The van der Waals surface area contributed by atoms with Crippen LogP contribution < -0.4 is 5.32 Å². The van der Waals surface area contributed by atoms with Gasteiger partial charge in [-0.1, -0.05) is 154 Å². The largest absolute Gasteiger partial charge is 0.372 e. The maximum absolute atomic E-state index is 6.25. The molecule has 0 unspecified atom stereocenters. The molecule has 9 aromatic rings. The molecule has 0 spiro atoms. The molecule has 1 aliphatic rings. The van der Waals surface area contributed by atoms with Gasteiger partial charge in [0.25, 0.3) is 0 Å². The summed E-state index contributed by atoms with van der Waals surface area (Å²) in [5, 5.41) is 6.08. The number of ether oxygens (including phenoxy) is 2. The third kappa shape index (κ3) is 7.92. The molecule has 4 heteroatoms. The van der Waals surface area contributed by atoms with Gasteiger partial charge >= 0.3 is 0 Å². The van der Waals surface area contributed by atoms with E-state index in [1.54, 1.807) is 0 Å². The van der Waals surface area contributed by atoms with Gasteiger partial charge in [0.05, 0.1) is 37.5 Å². The smallest absolute Gasteiger partial charge is 0.0721 e. The van der Waals surface area contributed by atoms with Crippen molar-refractivity contribution in [2.24, 2.45) is 0 Å². The average molecular weight is 819 g/mol. The minimum absolute atomic E-state index is 0.0422. The van der Waals surface area contributed by atoms with E-state index in [4.69, 9.17) is 9.47 Å². The molecule has 0 amide bonds. The van der Waals surface area contributed by atoms with Crippen molar-refractivity contribution >= 4 is 45.3 Å². The average Bonchev–Trinajstić information content (AvgIpc) is 3.77. The molecule has 0 fully saturated rings. The maximum Gasteiger partial charge on any atom is 0.0721 e. The van der Waals surface area contributed by atoms with Crippen LogP contribution in [0, 0.1) is 0 Å². The molecule has 1 N–H and O–H groups in total. The molecule has 0 bridgehead atoms. The molecular formula is C59H50N2O2. The first-order valence-corrected chi connectivity index (χ1v) is 21.7. The van der Waals surface area contributed by atoms with E-state index in [1.165, 1.54) is 38.6 Å². The summed E-state index contributed by atoms with van der Waals surface area (Å²) in [6.45, 7) is 14.5. The zero-order valence-corrected chi connectivity index (χ0v) is 35.9. The Morgan fingerprint density at radius 1 is 0.476 bits per heavy atom. The summed E-state index contributed by atoms with van der Waals surface area (Å²) < 4.78 is 14.7. The number of rotatable bonds is 14. The van der Waals surface area contributed by atoms with Crippen LogP contribution in [-0.4, -0.2) is 4.57 Å². The molecule has 308 valence electrons. The molecule has 63 heavy (non-hydrogen) atoms. The summed E-state index contributed by atoms with van der Waals surface area (Å²) in [4.78, 5) is 0. The van der Waals surface area contributed by atoms with E-state index in [-0.39, 0.29) is 5.41 Å². The first-order valence-electron chi connectivity index (χ1n) is 21.7. The molecule has 0 saturated carbocycles. The Bertz CT molecular complexity index is 3120. The number of hydrogen-bond donors (Lipinski definition) is 1. The standard InChI is InChI=1S/C59H50N2O2/c1-5-40-11-15-42(16-12-40)36-62-38-44-19-28-50(29-20-44)61-57-31-21-45(39-63-37-43-17-13-41(6-2)14-18-43)33-53(57)54-34-47(24-32-58(54)61)46-22-25-48(26-23-46)60-49-27-30-52-51-9-7-8-10-55(51)59(3,4)56(52)35-49/h5-35,60H,1-2,36-39H2,3-4H3. The predicted octanol–water partition coefficient (Wildman–Crippen LogP) is 15.2. The van der Waals surface area contributed by atoms with E-state index in [9.17, 15) is 0 Å². The van der Waals surface area contributed by atoms with Gasteiger partial charge in [-0.25, -0.2) is 0 Å². The van der Waals surface area contributed by atoms with Gasteiger partial charge in [0, 0.05) is 33.2 Å². The van der Waals surface area contributed by atoms with Crippen LogP contribution in [0.15, 0.2) is 189 Å². The molecule has 0 saturated heterocycles. The molecular weight excluding hydrogens is 769 g/mol. The molecule has 1 heterocycles. The van der Waals surface area contributed by atoms with E-state index in [0.717, 1.165) is 67.0 Å². The van der Waals surface area contributed by atoms with Crippen LogP contribution in [0.1, 0.15) is 58.4 Å². The second-order valence-corrected chi connectivity index (χ2v) is 17.1. The van der Waals surface area contributed by atoms with Crippen LogP contribution in [0.25, 0.3) is 61.9 Å². The zero-order valence-electron chi connectivity index (χ0n) is 35.9. The van der Waals surface area contributed by atoms with Crippen molar-refractivity contribution in [3.63, 3.8) is 0 Å². The van der Waals surface area contributed by atoms with Gasteiger partial charge in [0.1, 0.15) is 0 Å². The van der Waals surface area contributed by atoms with Gasteiger partial charge in [-0.15, -0.1) is 0 Å². The summed E-state index contributed by atoms with van der Waals surface area (Å²) in [5.41, 5.74) is 20.0. The van der Waals surface area contributed by atoms with Gasteiger partial charge < -0.3 is 19.4 Å². The third-order valence-corrected chi connectivity index (χ3v) is 12.6. The fraction of sp³-hybridized carbons (Fsp3) is 0.119. The van der Waals surface area contributed by atoms with Crippen molar-refractivity contribution < 1.29 is 9.47 Å². The zero-order chi connectivity index (χ0) is 42.9. The van der Waals surface area contributed by atoms with Gasteiger partial charge in [-0.3, -0.25) is 0 Å². The normalized spacial score (nSPS) is 12.6. The Morgan fingerprint density at radius 3 is 1.62 bits per heavy atom. The van der Waals surface area contributed by atoms with Crippen LogP contribution >= 0.6 is 0 Å². The lowest BCUT2D eigenvalue weighted by Gasteiger charge is -2.22. The van der Waals surface area contributed by atoms with E-state index in [1.807, 2.05) is 12.2 Å². The van der Waals surface area contributed by atoms with Crippen molar-refractivity contribution in [3.8, 4) is 27.9 Å². The number of aromatic nitrogens is 1. The van der Waals surface area contributed by atoms with Crippen molar-refractivity contribution in [2.45, 2.75) is 45.7 Å². The Hall–Kier alpha value is -7.24. The maximum atomic E-state index is 6.25. The van der Waals surface area contributed by atoms with Gasteiger partial charge in [-0.2, -0.15) is 0 Å². The number of fused-ring (bicyclic) bond motifs is 6. The highest BCUT2D eigenvalue weighted by molar-refractivity contribution is 6.10. The Labute approximate surface area is 370 Å². The highest BCUT2D eigenvalue weighted by Gasteiger charge is 2.35. The first-order chi connectivity index (χ1) is 30.8. The van der Waals surface area contributed by atoms with Crippen molar-refractivity contribution in [1.82, 2.24) is 4.57 Å². The van der Waals surface area contributed by atoms with E-state index in [2.05, 4.69) is 213 Å². The van der Waals surface area contributed by atoms with Crippen LogP contribution in [0.4, 0.5) is 11.4 Å². The lowest BCUT2D eigenvalue weighted by atomic mass is 9.82. The molecule has 8 aromatic carbocycles. The minimum Gasteiger partial charge on any atom is -0.372 e. The monoisotopic (exact) mass is 818 g/mol. The van der Waals surface area contributed by atoms with Gasteiger partial charge in [-0.05, 0) is 127 Å². The summed E-state index contributed by atoms with van der Waals surface area (Å²) >= 11 is 0.